The molecule has 0 unspecified atom stereocenters. The van der Waals surface area contributed by atoms with Crippen molar-refractivity contribution in [2.24, 2.45) is 0 Å². The molecule has 0 aromatic heterocycles. The molecule has 1 nitrogen and oxygen atoms in total. The topological polar surface area (TPSA) is 9.23 Å². The highest BCUT2D eigenvalue weighted by Gasteiger charge is 1.71. The molecule has 35 valence electrons. The molecule has 0 aliphatic heterocycles. The van der Waals surface area contributed by atoms with E-state index in [2.05, 4.69) is 11.3 Å². The van der Waals surface area contributed by atoms with E-state index >= 15 is 0 Å². The van der Waals surface area contributed by atoms with Crippen molar-refractivity contribution in [3.8, 4) is 0 Å². The molecular weight excluding hydrogens is 76.1 g/mol. The summed E-state index contributed by atoms with van der Waals surface area (Å²) in [5.74, 6) is 0. The smallest absolute Gasteiger partial charge is 0.0869 e. The lowest BCUT2D eigenvalue weighted by Gasteiger charge is -1.84. The van der Waals surface area contributed by atoms with Gasteiger partial charge in [0.1, 0.15) is 0 Å². The second kappa shape index (κ2) is 4.70. The number of rotatable bonds is 3. The van der Waals surface area contributed by atoms with Gasteiger partial charge in [0.05, 0.1) is 6.61 Å². The van der Waals surface area contributed by atoms with E-state index in [1.54, 1.807) is 19.8 Å². The molecule has 0 aromatic rings. The van der Waals surface area contributed by atoms with Crippen molar-refractivity contribution in [1.29, 1.82) is 0 Å². The zero-order chi connectivity index (χ0) is 4.83. The minimum Gasteiger partial charge on any atom is -0.378 e. The van der Waals surface area contributed by atoms with Gasteiger partial charge in [-0.1, -0.05) is 6.08 Å². The van der Waals surface area contributed by atoms with Crippen molar-refractivity contribution in [2.45, 2.75) is 6.42 Å². The van der Waals surface area contributed by atoms with Gasteiger partial charge in [0, 0.05) is 7.11 Å². The summed E-state index contributed by atoms with van der Waals surface area (Å²) in [4.78, 5) is 0. The first-order valence-electron chi connectivity index (χ1n) is 1.87. The molecule has 0 rings (SSSR count). The molecule has 0 atom stereocenters. The summed E-state index contributed by atoms with van der Waals surface area (Å²) in [6.07, 6.45) is 2.61. The van der Waals surface area contributed by atoms with E-state index in [-0.39, 0.29) is 0 Å². The molecule has 1 heteroatoms. The highest BCUT2D eigenvalue weighted by atomic mass is 16.5. The van der Waals surface area contributed by atoms with Gasteiger partial charge >= 0.3 is 0 Å². The number of hydrogen-bond donors (Lipinski definition) is 0. The molecule has 0 aliphatic rings. The van der Waals surface area contributed by atoms with E-state index in [0.29, 0.717) is 0 Å². The maximum Gasteiger partial charge on any atom is 0.0869 e. The van der Waals surface area contributed by atoms with Gasteiger partial charge in [0.25, 0.3) is 0 Å². The average molecular weight is 85.1 g/mol. The molecule has 0 aromatic carbocycles. The Morgan fingerprint density at radius 2 is 2.50 bits per heavy atom. The van der Waals surface area contributed by atoms with Crippen LogP contribution < -0.4 is 0 Å². The van der Waals surface area contributed by atoms with E-state index in [1.165, 1.54) is 0 Å². The van der Waals surface area contributed by atoms with Crippen LogP contribution in [0.4, 0.5) is 0 Å². The molecule has 6 heavy (non-hydrogen) atoms. The van der Waals surface area contributed by atoms with Crippen LogP contribution in [-0.2, 0) is 4.74 Å². The molecule has 0 heterocycles. The van der Waals surface area contributed by atoms with Crippen LogP contribution in [0.25, 0.3) is 0 Å². The van der Waals surface area contributed by atoms with Gasteiger partial charge in [-0.2, -0.15) is 0 Å². The molecule has 0 saturated carbocycles. The van der Waals surface area contributed by atoms with Crippen LogP contribution in [0, 0.1) is 6.61 Å². The van der Waals surface area contributed by atoms with Crippen LogP contribution in [0.3, 0.4) is 0 Å². The Labute approximate surface area is 38.6 Å². The van der Waals surface area contributed by atoms with Crippen LogP contribution in [0.15, 0.2) is 12.7 Å². The second-order valence-electron chi connectivity index (χ2n) is 0.927. The number of hydrogen-bond acceptors (Lipinski definition) is 1. The minimum absolute atomic E-state index is 0.830. The first-order chi connectivity index (χ1) is 2.91. The molecule has 0 fully saturated rings. The number of methoxy groups -OCH3 is 1. The molecule has 1 radical (unpaired) electrons. The van der Waals surface area contributed by atoms with Crippen LogP contribution in [0.5, 0.6) is 0 Å². The van der Waals surface area contributed by atoms with Gasteiger partial charge in [-0.25, -0.2) is 0 Å². The molecule has 0 N–H and O–H groups in total. The Hall–Kier alpha value is -0.300. The van der Waals surface area contributed by atoms with Crippen LogP contribution in [0.1, 0.15) is 6.42 Å². The van der Waals surface area contributed by atoms with Crippen molar-refractivity contribution in [3.05, 3.63) is 19.3 Å². The predicted octanol–water partition coefficient (Wildman–Crippen LogP) is 1.37. The van der Waals surface area contributed by atoms with Crippen molar-refractivity contribution < 1.29 is 4.74 Å². The fourth-order valence-electron chi connectivity index (χ4n) is 0.164. The zero-order valence-electron chi connectivity index (χ0n) is 3.98. The maximum absolute atomic E-state index is 4.59. The lowest BCUT2D eigenvalue weighted by atomic mass is 10.5. The minimum atomic E-state index is 0.830. The van der Waals surface area contributed by atoms with Crippen molar-refractivity contribution in [2.75, 3.05) is 7.11 Å². The van der Waals surface area contributed by atoms with Gasteiger partial charge < -0.3 is 4.74 Å². The fraction of sp³-hybridized carbons (Fsp3) is 0.400. The van der Waals surface area contributed by atoms with Gasteiger partial charge in [-0.05, 0) is 6.42 Å². The Morgan fingerprint density at radius 1 is 1.83 bits per heavy atom. The van der Waals surface area contributed by atoms with Gasteiger partial charge in [0.2, 0.25) is 0 Å². The van der Waals surface area contributed by atoms with E-state index < -0.39 is 0 Å². The largest absolute Gasteiger partial charge is 0.378 e. The quantitative estimate of drug-likeness (QED) is 0.371. The standard InChI is InChI=1S/C5H9O/c1-3-4-5-6-2/h3,5H,1,4H2,2H3. The summed E-state index contributed by atoms with van der Waals surface area (Å²) in [6, 6.07) is 0. The summed E-state index contributed by atoms with van der Waals surface area (Å²) in [6.45, 7) is 5.17. The first kappa shape index (κ1) is 5.70. The molecule has 0 bridgehead atoms. The molecule has 0 spiro atoms. The molecule has 0 saturated heterocycles. The van der Waals surface area contributed by atoms with Crippen molar-refractivity contribution in [1.82, 2.24) is 0 Å². The Morgan fingerprint density at radius 3 is 2.67 bits per heavy atom. The van der Waals surface area contributed by atoms with Crippen molar-refractivity contribution in [3.63, 3.8) is 0 Å². The zero-order valence-corrected chi connectivity index (χ0v) is 3.98. The van der Waals surface area contributed by atoms with Crippen LogP contribution in [0.2, 0.25) is 0 Å². The van der Waals surface area contributed by atoms with Crippen molar-refractivity contribution >= 4 is 0 Å². The van der Waals surface area contributed by atoms with Gasteiger partial charge in [0.15, 0.2) is 0 Å². The van der Waals surface area contributed by atoms with E-state index in [1.807, 2.05) is 0 Å². The van der Waals surface area contributed by atoms with Crippen LogP contribution >= 0.6 is 0 Å². The summed E-state index contributed by atoms with van der Waals surface area (Å²) < 4.78 is 4.59. The maximum atomic E-state index is 4.59. The number of ether oxygens (including phenoxy) is 1. The van der Waals surface area contributed by atoms with E-state index in [0.717, 1.165) is 6.42 Å². The molecular formula is C5H9O. The first-order valence-corrected chi connectivity index (χ1v) is 1.87. The Balaban J connectivity index is 2.49. The lowest BCUT2D eigenvalue weighted by molar-refractivity contribution is 0.273. The average Bonchev–Trinajstić information content (AvgIpc) is 1.61. The van der Waals surface area contributed by atoms with E-state index in [4.69, 9.17) is 0 Å². The molecule has 0 amide bonds. The monoisotopic (exact) mass is 85.1 g/mol. The Kier molecular flexibility index (Phi) is 4.46. The summed E-state index contributed by atoms with van der Waals surface area (Å²) in [5, 5.41) is 0. The highest BCUT2D eigenvalue weighted by Crippen LogP contribution is 1.83. The summed E-state index contributed by atoms with van der Waals surface area (Å²) in [5.41, 5.74) is 0. The Bertz CT molecular complexity index is 32.9. The summed E-state index contributed by atoms with van der Waals surface area (Å²) >= 11 is 0. The third-order valence-corrected chi connectivity index (χ3v) is 0.430. The van der Waals surface area contributed by atoms with Gasteiger partial charge in [-0.3, -0.25) is 0 Å². The molecule has 0 aliphatic carbocycles. The SMILES string of the molecule is C=CC[CH]OC. The second-order valence-corrected chi connectivity index (χ2v) is 0.927. The summed E-state index contributed by atoms with van der Waals surface area (Å²) in [7, 11) is 1.63. The van der Waals surface area contributed by atoms with Gasteiger partial charge in [-0.15, -0.1) is 6.58 Å². The van der Waals surface area contributed by atoms with Crippen LogP contribution in [-0.4, -0.2) is 7.11 Å². The van der Waals surface area contributed by atoms with E-state index in [9.17, 15) is 0 Å². The predicted molar refractivity (Wildman–Crippen MR) is 26.1 cm³/mol. The third kappa shape index (κ3) is 3.70. The normalized spacial score (nSPS) is 8.17. The third-order valence-electron chi connectivity index (χ3n) is 0.430. The lowest BCUT2D eigenvalue weighted by Crippen LogP contribution is -1.72. The fourth-order valence-corrected chi connectivity index (χ4v) is 0.164. The highest BCUT2D eigenvalue weighted by molar-refractivity contribution is 4.70.